The molecule has 90 valence electrons. The minimum absolute atomic E-state index is 0.0628. The summed E-state index contributed by atoms with van der Waals surface area (Å²) >= 11 is 0. The van der Waals surface area contributed by atoms with Crippen LogP contribution in [0.25, 0.3) is 0 Å². The van der Waals surface area contributed by atoms with Gasteiger partial charge in [-0.25, -0.2) is 0 Å². The van der Waals surface area contributed by atoms with Crippen molar-refractivity contribution in [1.82, 2.24) is 9.88 Å². The fraction of sp³-hybridized carbons (Fsp3) is 0.583. The van der Waals surface area contributed by atoms with Crippen LogP contribution in [0.4, 0.5) is 0 Å². The van der Waals surface area contributed by atoms with Crippen molar-refractivity contribution >= 4 is 5.91 Å². The molecule has 2 N–H and O–H groups in total. The summed E-state index contributed by atoms with van der Waals surface area (Å²) in [6, 6.07) is 3.95. The summed E-state index contributed by atoms with van der Waals surface area (Å²) in [7, 11) is 0. The van der Waals surface area contributed by atoms with Gasteiger partial charge in [-0.05, 0) is 31.9 Å². The molecule has 1 atom stereocenters. The maximum Gasteiger partial charge on any atom is 0.220 e. The van der Waals surface area contributed by atoms with Gasteiger partial charge in [-0.2, -0.15) is 0 Å². The Morgan fingerprint density at radius 1 is 1.44 bits per heavy atom. The van der Waals surface area contributed by atoms with E-state index in [4.69, 9.17) is 5.11 Å². The number of amides is 1. The van der Waals surface area contributed by atoms with Gasteiger partial charge in [0.1, 0.15) is 0 Å². The third-order valence-electron chi connectivity index (χ3n) is 2.37. The molecule has 0 radical (unpaired) electrons. The summed E-state index contributed by atoms with van der Waals surface area (Å²) in [6.45, 7) is 3.15. The largest absolute Gasteiger partial charge is 0.393 e. The average molecular weight is 224 g/mol. The number of hydrogen-bond acceptors (Lipinski definition) is 2. The van der Waals surface area contributed by atoms with Crippen LogP contribution in [0.15, 0.2) is 24.5 Å². The minimum Gasteiger partial charge on any atom is -0.393 e. The summed E-state index contributed by atoms with van der Waals surface area (Å²) in [5, 5.41) is 11.8. The van der Waals surface area contributed by atoms with E-state index in [0.717, 1.165) is 13.0 Å². The molecular weight excluding hydrogens is 204 g/mol. The summed E-state index contributed by atoms with van der Waals surface area (Å²) in [5.74, 6) is 0.0628. The lowest BCUT2D eigenvalue weighted by Gasteiger charge is -2.07. The SMILES string of the molecule is CC(O)CCNC(=O)CCCn1cccc1. The fourth-order valence-electron chi connectivity index (χ4n) is 1.45. The minimum atomic E-state index is -0.347. The number of nitrogens with zero attached hydrogens (tertiary/aromatic N) is 1. The van der Waals surface area contributed by atoms with E-state index in [1.54, 1.807) is 6.92 Å². The quantitative estimate of drug-likeness (QED) is 0.730. The summed E-state index contributed by atoms with van der Waals surface area (Å²) in [4.78, 5) is 11.4. The molecular formula is C12H20N2O2. The molecule has 1 heterocycles. The van der Waals surface area contributed by atoms with Gasteiger partial charge in [-0.3, -0.25) is 4.79 Å². The Morgan fingerprint density at radius 2 is 2.12 bits per heavy atom. The Hall–Kier alpha value is -1.29. The lowest BCUT2D eigenvalue weighted by molar-refractivity contribution is -0.121. The van der Waals surface area contributed by atoms with Gasteiger partial charge in [0.15, 0.2) is 0 Å². The second-order valence-electron chi connectivity index (χ2n) is 4.01. The number of aromatic nitrogens is 1. The molecule has 1 aromatic rings. The van der Waals surface area contributed by atoms with E-state index in [-0.39, 0.29) is 12.0 Å². The molecule has 0 bridgehead atoms. The highest BCUT2D eigenvalue weighted by atomic mass is 16.3. The Bertz CT molecular complexity index is 294. The van der Waals surface area contributed by atoms with E-state index in [1.807, 2.05) is 24.5 Å². The van der Waals surface area contributed by atoms with Crippen LogP contribution in [0.5, 0.6) is 0 Å². The van der Waals surface area contributed by atoms with Gasteiger partial charge in [0.25, 0.3) is 0 Å². The molecule has 0 aromatic carbocycles. The van der Waals surface area contributed by atoms with Gasteiger partial charge in [-0.1, -0.05) is 0 Å². The summed E-state index contributed by atoms with van der Waals surface area (Å²) in [6.07, 6.45) is 5.63. The first-order valence-corrected chi connectivity index (χ1v) is 5.74. The van der Waals surface area contributed by atoms with Crippen molar-refractivity contribution in [1.29, 1.82) is 0 Å². The number of hydrogen-bond donors (Lipinski definition) is 2. The second-order valence-corrected chi connectivity index (χ2v) is 4.01. The smallest absolute Gasteiger partial charge is 0.220 e. The highest BCUT2D eigenvalue weighted by Gasteiger charge is 2.01. The molecule has 16 heavy (non-hydrogen) atoms. The number of aliphatic hydroxyl groups is 1. The molecule has 4 nitrogen and oxygen atoms in total. The fourth-order valence-corrected chi connectivity index (χ4v) is 1.45. The summed E-state index contributed by atoms with van der Waals surface area (Å²) in [5.41, 5.74) is 0. The van der Waals surface area contributed by atoms with Gasteiger partial charge >= 0.3 is 0 Å². The normalized spacial score (nSPS) is 12.4. The lowest BCUT2D eigenvalue weighted by Crippen LogP contribution is -2.26. The van der Waals surface area contributed by atoms with Crippen LogP contribution in [0, 0.1) is 0 Å². The van der Waals surface area contributed by atoms with Gasteiger partial charge in [0, 0.05) is 31.9 Å². The number of rotatable bonds is 7. The van der Waals surface area contributed by atoms with Gasteiger partial charge < -0.3 is 15.0 Å². The molecule has 4 heteroatoms. The molecule has 0 aliphatic carbocycles. The van der Waals surface area contributed by atoms with Crippen molar-refractivity contribution in [3.8, 4) is 0 Å². The summed E-state index contributed by atoms with van der Waals surface area (Å²) < 4.78 is 2.06. The van der Waals surface area contributed by atoms with Crippen molar-refractivity contribution in [2.45, 2.75) is 38.8 Å². The zero-order chi connectivity index (χ0) is 11.8. The zero-order valence-corrected chi connectivity index (χ0v) is 9.72. The van der Waals surface area contributed by atoms with Crippen molar-refractivity contribution in [3.05, 3.63) is 24.5 Å². The van der Waals surface area contributed by atoms with Gasteiger partial charge in [0.2, 0.25) is 5.91 Å². The predicted molar refractivity (Wildman–Crippen MR) is 63.0 cm³/mol. The van der Waals surface area contributed by atoms with Crippen LogP contribution < -0.4 is 5.32 Å². The number of aryl methyl sites for hydroxylation is 1. The molecule has 0 fully saturated rings. The van der Waals surface area contributed by atoms with E-state index in [0.29, 0.717) is 19.4 Å². The van der Waals surface area contributed by atoms with E-state index in [2.05, 4.69) is 9.88 Å². The molecule has 0 saturated heterocycles. The first-order valence-electron chi connectivity index (χ1n) is 5.74. The number of aliphatic hydroxyl groups excluding tert-OH is 1. The van der Waals surface area contributed by atoms with Crippen molar-refractivity contribution in [3.63, 3.8) is 0 Å². The van der Waals surface area contributed by atoms with Crippen molar-refractivity contribution < 1.29 is 9.90 Å². The highest BCUT2D eigenvalue weighted by Crippen LogP contribution is 1.97. The molecule has 1 amide bonds. The Kier molecular flexibility index (Phi) is 5.64. The van der Waals surface area contributed by atoms with Crippen LogP contribution in [0.2, 0.25) is 0 Å². The molecule has 0 saturated carbocycles. The zero-order valence-electron chi connectivity index (χ0n) is 9.72. The monoisotopic (exact) mass is 224 g/mol. The topological polar surface area (TPSA) is 54.3 Å². The van der Waals surface area contributed by atoms with E-state index < -0.39 is 0 Å². The van der Waals surface area contributed by atoms with E-state index >= 15 is 0 Å². The lowest BCUT2D eigenvalue weighted by atomic mass is 10.2. The standard InChI is InChI=1S/C12H20N2O2/c1-11(15)6-7-13-12(16)5-4-10-14-8-2-3-9-14/h2-3,8-9,11,15H,4-7,10H2,1H3,(H,13,16). The van der Waals surface area contributed by atoms with Crippen LogP contribution in [0.1, 0.15) is 26.2 Å². The van der Waals surface area contributed by atoms with Crippen LogP contribution in [0.3, 0.4) is 0 Å². The molecule has 0 aliphatic heterocycles. The average Bonchev–Trinajstić information content (AvgIpc) is 2.70. The van der Waals surface area contributed by atoms with Crippen LogP contribution in [-0.4, -0.2) is 28.2 Å². The molecule has 0 spiro atoms. The van der Waals surface area contributed by atoms with Crippen LogP contribution >= 0.6 is 0 Å². The first-order chi connectivity index (χ1) is 7.68. The predicted octanol–water partition coefficient (Wildman–Crippen LogP) is 1.16. The molecule has 1 aromatic heterocycles. The molecule has 1 rings (SSSR count). The maximum atomic E-state index is 11.4. The van der Waals surface area contributed by atoms with Crippen molar-refractivity contribution in [2.75, 3.05) is 6.54 Å². The van der Waals surface area contributed by atoms with E-state index in [1.165, 1.54) is 0 Å². The highest BCUT2D eigenvalue weighted by molar-refractivity contribution is 5.75. The Morgan fingerprint density at radius 3 is 2.75 bits per heavy atom. The second kappa shape index (κ2) is 7.06. The number of nitrogens with one attached hydrogen (secondary N) is 1. The third-order valence-corrected chi connectivity index (χ3v) is 2.37. The van der Waals surface area contributed by atoms with Crippen molar-refractivity contribution in [2.24, 2.45) is 0 Å². The number of carbonyl (C=O) groups is 1. The van der Waals surface area contributed by atoms with Crippen LogP contribution in [-0.2, 0) is 11.3 Å². The first kappa shape index (κ1) is 12.8. The van der Waals surface area contributed by atoms with E-state index in [9.17, 15) is 4.79 Å². The van der Waals surface area contributed by atoms with Gasteiger partial charge in [0.05, 0.1) is 6.10 Å². The Labute approximate surface area is 96.3 Å². The Balaban J connectivity index is 2.02. The molecule has 0 aliphatic rings. The van der Waals surface area contributed by atoms with Gasteiger partial charge in [-0.15, -0.1) is 0 Å². The molecule has 1 unspecified atom stereocenters. The number of carbonyl (C=O) groups excluding carboxylic acids is 1. The maximum absolute atomic E-state index is 11.4. The third kappa shape index (κ3) is 5.56.